The number of halogens is 2. The SMILES string of the molecule is O=C(Nc1ccc(Cl)c(Cl)c1)C1CC(=O)N(c2ccc3c(c2)OCO3)C1. The highest BCUT2D eigenvalue weighted by Gasteiger charge is 2.35. The number of carbonyl (C=O) groups is 2. The molecule has 1 fully saturated rings. The molecule has 1 saturated heterocycles. The van der Waals surface area contributed by atoms with E-state index in [-0.39, 0.29) is 25.0 Å². The van der Waals surface area contributed by atoms with Crippen LogP contribution in [0.3, 0.4) is 0 Å². The Kier molecular flexibility index (Phi) is 4.38. The largest absolute Gasteiger partial charge is 0.454 e. The van der Waals surface area contributed by atoms with E-state index in [2.05, 4.69) is 5.32 Å². The highest BCUT2D eigenvalue weighted by molar-refractivity contribution is 6.42. The van der Waals surface area contributed by atoms with E-state index in [9.17, 15) is 9.59 Å². The number of anilines is 2. The Bertz CT molecular complexity index is 903. The van der Waals surface area contributed by atoms with Crippen molar-refractivity contribution in [2.75, 3.05) is 23.6 Å². The van der Waals surface area contributed by atoms with Crippen molar-refractivity contribution in [3.05, 3.63) is 46.4 Å². The number of amides is 2. The van der Waals surface area contributed by atoms with Crippen molar-refractivity contribution in [1.82, 2.24) is 0 Å². The van der Waals surface area contributed by atoms with Crippen molar-refractivity contribution in [3.8, 4) is 11.5 Å². The molecule has 0 radical (unpaired) electrons. The zero-order valence-corrected chi connectivity index (χ0v) is 15.0. The Balaban J connectivity index is 1.47. The van der Waals surface area contributed by atoms with Gasteiger partial charge in [-0.15, -0.1) is 0 Å². The summed E-state index contributed by atoms with van der Waals surface area (Å²) < 4.78 is 10.6. The van der Waals surface area contributed by atoms with Gasteiger partial charge in [0, 0.05) is 30.4 Å². The van der Waals surface area contributed by atoms with E-state index in [1.807, 2.05) is 0 Å². The van der Waals surface area contributed by atoms with Crippen LogP contribution in [0, 0.1) is 5.92 Å². The molecule has 4 rings (SSSR count). The quantitative estimate of drug-likeness (QED) is 0.864. The van der Waals surface area contributed by atoms with Crippen LogP contribution in [0.5, 0.6) is 11.5 Å². The van der Waals surface area contributed by atoms with E-state index in [1.165, 1.54) is 0 Å². The topological polar surface area (TPSA) is 67.9 Å². The summed E-state index contributed by atoms with van der Waals surface area (Å²) in [6, 6.07) is 10.1. The van der Waals surface area contributed by atoms with Gasteiger partial charge < -0.3 is 19.7 Å². The normalized spacial score (nSPS) is 18.3. The molecule has 2 amide bonds. The van der Waals surface area contributed by atoms with Crippen LogP contribution in [0.2, 0.25) is 10.0 Å². The maximum atomic E-state index is 12.5. The van der Waals surface area contributed by atoms with E-state index in [0.29, 0.717) is 39.5 Å². The van der Waals surface area contributed by atoms with Crippen LogP contribution < -0.4 is 19.7 Å². The average molecular weight is 393 g/mol. The van der Waals surface area contributed by atoms with E-state index in [1.54, 1.807) is 41.3 Å². The van der Waals surface area contributed by atoms with Crippen LogP contribution in [0.1, 0.15) is 6.42 Å². The van der Waals surface area contributed by atoms with Gasteiger partial charge in [0.25, 0.3) is 0 Å². The summed E-state index contributed by atoms with van der Waals surface area (Å²) in [6.45, 7) is 0.465. The van der Waals surface area contributed by atoms with E-state index >= 15 is 0 Å². The van der Waals surface area contributed by atoms with Crippen molar-refractivity contribution in [2.45, 2.75) is 6.42 Å². The zero-order chi connectivity index (χ0) is 18.3. The molecule has 1 unspecified atom stereocenters. The van der Waals surface area contributed by atoms with Gasteiger partial charge in [-0.05, 0) is 30.3 Å². The summed E-state index contributed by atoms with van der Waals surface area (Å²) >= 11 is 11.8. The molecular formula is C18H14Cl2N2O4. The highest BCUT2D eigenvalue weighted by atomic mass is 35.5. The summed E-state index contributed by atoms with van der Waals surface area (Å²) in [5.41, 5.74) is 1.22. The highest BCUT2D eigenvalue weighted by Crippen LogP contribution is 2.37. The Morgan fingerprint density at radius 1 is 1.08 bits per heavy atom. The second kappa shape index (κ2) is 6.70. The fourth-order valence-electron chi connectivity index (χ4n) is 3.00. The van der Waals surface area contributed by atoms with Crippen molar-refractivity contribution >= 4 is 46.4 Å². The van der Waals surface area contributed by atoms with Gasteiger partial charge in [0.15, 0.2) is 11.5 Å². The number of hydrogen-bond acceptors (Lipinski definition) is 4. The molecule has 6 nitrogen and oxygen atoms in total. The van der Waals surface area contributed by atoms with Crippen LogP contribution in [-0.2, 0) is 9.59 Å². The predicted octanol–water partition coefficient (Wildman–Crippen LogP) is 3.71. The fraction of sp³-hybridized carbons (Fsp3) is 0.222. The third-order valence-corrected chi connectivity index (χ3v) is 5.09. The molecular weight excluding hydrogens is 379 g/mol. The van der Waals surface area contributed by atoms with Crippen molar-refractivity contribution in [1.29, 1.82) is 0 Å². The van der Waals surface area contributed by atoms with Crippen LogP contribution in [-0.4, -0.2) is 25.2 Å². The average Bonchev–Trinajstić information content (AvgIpc) is 3.23. The lowest BCUT2D eigenvalue weighted by atomic mass is 10.1. The maximum absolute atomic E-state index is 12.5. The second-order valence-corrected chi connectivity index (χ2v) is 6.88. The number of nitrogens with zero attached hydrogens (tertiary/aromatic N) is 1. The molecule has 0 spiro atoms. The molecule has 2 aromatic carbocycles. The summed E-state index contributed by atoms with van der Waals surface area (Å²) in [6.07, 6.45) is 0.140. The molecule has 0 aliphatic carbocycles. The first-order chi connectivity index (χ1) is 12.5. The number of benzene rings is 2. The minimum atomic E-state index is -0.456. The number of carbonyl (C=O) groups excluding carboxylic acids is 2. The number of rotatable bonds is 3. The van der Waals surface area contributed by atoms with Crippen molar-refractivity contribution in [3.63, 3.8) is 0 Å². The van der Waals surface area contributed by atoms with Gasteiger partial charge in [-0.2, -0.15) is 0 Å². The van der Waals surface area contributed by atoms with Gasteiger partial charge in [0.05, 0.1) is 16.0 Å². The fourth-order valence-corrected chi connectivity index (χ4v) is 3.30. The number of ether oxygens (including phenoxy) is 2. The standard InChI is InChI=1S/C18H14Cl2N2O4/c19-13-3-1-11(6-14(13)20)21-18(24)10-5-17(23)22(8-10)12-2-4-15-16(7-12)26-9-25-15/h1-4,6-7,10H,5,8-9H2,(H,21,24). The molecule has 0 saturated carbocycles. The Morgan fingerprint density at radius 3 is 2.69 bits per heavy atom. The van der Waals surface area contributed by atoms with Gasteiger partial charge in [-0.3, -0.25) is 9.59 Å². The lowest BCUT2D eigenvalue weighted by Crippen LogP contribution is -2.28. The summed E-state index contributed by atoms with van der Waals surface area (Å²) in [5, 5.41) is 3.55. The zero-order valence-electron chi connectivity index (χ0n) is 13.5. The second-order valence-electron chi connectivity index (χ2n) is 6.06. The van der Waals surface area contributed by atoms with Crippen LogP contribution >= 0.6 is 23.2 Å². The molecule has 26 heavy (non-hydrogen) atoms. The molecule has 8 heteroatoms. The molecule has 2 heterocycles. The van der Waals surface area contributed by atoms with Gasteiger partial charge in [0.1, 0.15) is 0 Å². The smallest absolute Gasteiger partial charge is 0.231 e. The Morgan fingerprint density at radius 2 is 1.88 bits per heavy atom. The summed E-state index contributed by atoms with van der Waals surface area (Å²) in [7, 11) is 0. The molecule has 2 aliphatic heterocycles. The maximum Gasteiger partial charge on any atom is 0.231 e. The van der Waals surface area contributed by atoms with Gasteiger partial charge in [-0.25, -0.2) is 0 Å². The van der Waals surface area contributed by atoms with Gasteiger partial charge >= 0.3 is 0 Å². The first kappa shape index (κ1) is 17.0. The molecule has 134 valence electrons. The minimum absolute atomic E-state index is 0.113. The molecule has 0 aromatic heterocycles. The minimum Gasteiger partial charge on any atom is -0.454 e. The number of hydrogen-bond donors (Lipinski definition) is 1. The van der Waals surface area contributed by atoms with E-state index < -0.39 is 5.92 Å². The van der Waals surface area contributed by atoms with E-state index in [0.717, 1.165) is 0 Å². The van der Waals surface area contributed by atoms with Crippen molar-refractivity contribution < 1.29 is 19.1 Å². The first-order valence-corrected chi connectivity index (χ1v) is 8.73. The van der Waals surface area contributed by atoms with Gasteiger partial charge in [-0.1, -0.05) is 23.2 Å². The van der Waals surface area contributed by atoms with E-state index in [4.69, 9.17) is 32.7 Å². The van der Waals surface area contributed by atoms with Gasteiger partial charge in [0.2, 0.25) is 18.6 Å². The lowest BCUT2D eigenvalue weighted by Gasteiger charge is -2.17. The third-order valence-electron chi connectivity index (χ3n) is 4.35. The Hall–Kier alpha value is -2.44. The van der Waals surface area contributed by atoms with Crippen LogP contribution in [0.15, 0.2) is 36.4 Å². The number of nitrogens with one attached hydrogen (secondary N) is 1. The third kappa shape index (κ3) is 3.18. The monoisotopic (exact) mass is 392 g/mol. The van der Waals surface area contributed by atoms with Crippen LogP contribution in [0.25, 0.3) is 0 Å². The molecule has 0 bridgehead atoms. The number of fused-ring (bicyclic) bond motifs is 1. The first-order valence-electron chi connectivity index (χ1n) is 7.97. The summed E-state index contributed by atoms with van der Waals surface area (Å²) in [4.78, 5) is 26.5. The molecule has 2 aliphatic rings. The van der Waals surface area contributed by atoms with Crippen molar-refractivity contribution in [2.24, 2.45) is 5.92 Å². The molecule has 1 N–H and O–H groups in total. The predicted molar refractivity (Wildman–Crippen MR) is 98.1 cm³/mol. The molecule has 1 atom stereocenters. The molecule has 2 aromatic rings. The van der Waals surface area contributed by atoms with Crippen LogP contribution in [0.4, 0.5) is 11.4 Å². The Labute approximate surface area is 159 Å². The summed E-state index contributed by atoms with van der Waals surface area (Å²) in [5.74, 6) is 0.439. The lowest BCUT2D eigenvalue weighted by molar-refractivity contribution is -0.122.